The molecule has 0 fully saturated rings. The number of nitrogens with one attached hydrogen (secondary N) is 1. The first kappa shape index (κ1) is 9.75. The summed E-state index contributed by atoms with van der Waals surface area (Å²) in [7, 11) is 2.02. The Morgan fingerprint density at radius 1 is 1.58 bits per heavy atom. The highest BCUT2D eigenvalue weighted by atomic mass is 32.1. The average molecular weight is 183 g/mol. The SMILES string of the molecule is CNC(C)CCCc1ccsc1. The molecule has 1 heterocycles. The maximum atomic E-state index is 3.25. The van der Waals surface area contributed by atoms with Crippen molar-refractivity contribution in [2.24, 2.45) is 0 Å². The van der Waals surface area contributed by atoms with Crippen LogP contribution in [-0.4, -0.2) is 13.1 Å². The summed E-state index contributed by atoms with van der Waals surface area (Å²) in [6, 6.07) is 2.87. The van der Waals surface area contributed by atoms with Crippen molar-refractivity contribution >= 4 is 11.3 Å². The Hall–Kier alpha value is -0.340. The Morgan fingerprint density at radius 2 is 2.42 bits per heavy atom. The van der Waals surface area contributed by atoms with Crippen molar-refractivity contribution in [1.82, 2.24) is 5.32 Å². The maximum Gasteiger partial charge on any atom is 0.00358 e. The summed E-state index contributed by atoms with van der Waals surface area (Å²) in [5, 5.41) is 7.64. The predicted octanol–water partition coefficient (Wildman–Crippen LogP) is 2.68. The standard InChI is InChI=1S/C10H17NS/c1-9(11-2)4-3-5-10-6-7-12-8-10/h6-9,11H,3-5H2,1-2H3. The van der Waals surface area contributed by atoms with Crippen LogP contribution in [0, 0.1) is 0 Å². The molecule has 0 saturated carbocycles. The third-order valence-electron chi connectivity index (χ3n) is 2.18. The van der Waals surface area contributed by atoms with E-state index in [4.69, 9.17) is 0 Å². The lowest BCUT2D eigenvalue weighted by Gasteiger charge is -2.08. The first-order valence-corrected chi connectivity index (χ1v) is 5.45. The minimum Gasteiger partial charge on any atom is -0.317 e. The Labute approximate surface area is 78.8 Å². The molecular weight excluding hydrogens is 166 g/mol. The molecule has 1 rings (SSSR count). The molecule has 1 atom stereocenters. The highest BCUT2D eigenvalue weighted by Gasteiger charge is 1.98. The lowest BCUT2D eigenvalue weighted by atomic mass is 10.1. The number of hydrogen-bond acceptors (Lipinski definition) is 2. The van der Waals surface area contributed by atoms with Crippen LogP contribution in [-0.2, 0) is 6.42 Å². The molecular formula is C10H17NS. The van der Waals surface area contributed by atoms with Gasteiger partial charge in [-0.05, 0) is 55.6 Å². The third-order valence-corrected chi connectivity index (χ3v) is 2.91. The van der Waals surface area contributed by atoms with E-state index < -0.39 is 0 Å². The monoisotopic (exact) mass is 183 g/mol. The van der Waals surface area contributed by atoms with Gasteiger partial charge in [0.05, 0.1) is 0 Å². The van der Waals surface area contributed by atoms with Crippen LogP contribution in [0.25, 0.3) is 0 Å². The molecule has 0 saturated heterocycles. The van der Waals surface area contributed by atoms with Gasteiger partial charge in [0.1, 0.15) is 0 Å². The van der Waals surface area contributed by atoms with Gasteiger partial charge in [-0.15, -0.1) is 0 Å². The number of rotatable bonds is 5. The normalized spacial score (nSPS) is 13.2. The fourth-order valence-corrected chi connectivity index (χ4v) is 1.89. The van der Waals surface area contributed by atoms with E-state index in [9.17, 15) is 0 Å². The van der Waals surface area contributed by atoms with Crippen molar-refractivity contribution in [2.75, 3.05) is 7.05 Å². The summed E-state index contributed by atoms with van der Waals surface area (Å²) in [5.74, 6) is 0. The topological polar surface area (TPSA) is 12.0 Å². The molecule has 0 radical (unpaired) electrons. The van der Waals surface area contributed by atoms with E-state index in [1.807, 2.05) is 7.05 Å². The van der Waals surface area contributed by atoms with Gasteiger partial charge >= 0.3 is 0 Å². The van der Waals surface area contributed by atoms with Crippen molar-refractivity contribution < 1.29 is 0 Å². The second kappa shape index (κ2) is 5.33. The van der Waals surface area contributed by atoms with E-state index in [1.54, 1.807) is 11.3 Å². The molecule has 0 spiro atoms. The molecule has 0 aromatic carbocycles. The van der Waals surface area contributed by atoms with Gasteiger partial charge in [0.2, 0.25) is 0 Å². The van der Waals surface area contributed by atoms with Crippen LogP contribution in [0.1, 0.15) is 25.3 Å². The predicted molar refractivity (Wildman–Crippen MR) is 55.8 cm³/mol. The van der Waals surface area contributed by atoms with Gasteiger partial charge in [-0.3, -0.25) is 0 Å². The quantitative estimate of drug-likeness (QED) is 0.740. The smallest absolute Gasteiger partial charge is 0.00358 e. The summed E-state index contributed by atoms with van der Waals surface area (Å²) in [6.45, 7) is 2.23. The van der Waals surface area contributed by atoms with E-state index in [-0.39, 0.29) is 0 Å². The van der Waals surface area contributed by atoms with Gasteiger partial charge in [-0.2, -0.15) is 11.3 Å². The zero-order valence-corrected chi connectivity index (χ0v) is 8.66. The first-order valence-electron chi connectivity index (χ1n) is 4.51. The molecule has 1 unspecified atom stereocenters. The van der Waals surface area contributed by atoms with Crippen LogP contribution in [0.3, 0.4) is 0 Å². The second-order valence-electron chi connectivity index (χ2n) is 3.21. The zero-order chi connectivity index (χ0) is 8.81. The van der Waals surface area contributed by atoms with E-state index in [2.05, 4.69) is 29.1 Å². The molecule has 1 nitrogen and oxygen atoms in total. The molecule has 0 aliphatic heterocycles. The maximum absolute atomic E-state index is 3.25. The van der Waals surface area contributed by atoms with Gasteiger partial charge < -0.3 is 5.32 Å². The van der Waals surface area contributed by atoms with Crippen LogP contribution in [0.4, 0.5) is 0 Å². The first-order chi connectivity index (χ1) is 5.83. The highest BCUT2D eigenvalue weighted by molar-refractivity contribution is 7.07. The Kier molecular flexibility index (Phi) is 4.33. The molecule has 0 aliphatic rings. The number of hydrogen-bond donors (Lipinski definition) is 1. The molecule has 0 bridgehead atoms. The molecule has 1 aromatic heterocycles. The van der Waals surface area contributed by atoms with Gasteiger partial charge in [0.25, 0.3) is 0 Å². The molecule has 2 heteroatoms. The van der Waals surface area contributed by atoms with Crippen LogP contribution in [0.15, 0.2) is 16.8 Å². The summed E-state index contributed by atoms with van der Waals surface area (Å²) in [6.07, 6.45) is 3.79. The third kappa shape index (κ3) is 3.37. The van der Waals surface area contributed by atoms with Gasteiger partial charge in [-0.25, -0.2) is 0 Å². The average Bonchev–Trinajstić information content (AvgIpc) is 2.57. The minimum atomic E-state index is 0.656. The summed E-state index contributed by atoms with van der Waals surface area (Å²) < 4.78 is 0. The molecule has 68 valence electrons. The molecule has 1 aromatic rings. The van der Waals surface area contributed by atoms with Gasteiger partial charge in [0.15, 0.2) is 0 Å². The molecule has 0 amide bonds. The van der Waals surface area contributed by atoms with Crippen molar-refractivity contribution in [1.29, 1.82) is 0 Å². The number of aryl methyl sites for hydroxylation is 1. The van der Waals surface area contributed by atoms with Gasteiger partial charge in [-0.1, -0.05) is 0 Å². The highest BCUT2D eigenvalue weighted by Crippen LogP contribution is 2.10. The van der Waals surface area contributed by atoms with E-state index in [0.717, 1.165) is 0 Å². The van der Waals surface area contributed by atoms with Crippen molar-refractivity contribution in [2.45, 2.75) is 32.2 Å². The fourth-order valence-electron chi connectivity index (χ4n) is 1.19. The van der Waals surface area contributed by atoms with E-state index in [0.29, 0.717) is 6.04 Å². The van der Waals surface area contributed by atoms with Crippen LogP contribution >= 0.6 is 11.3 Å². The molecule has 0 aliphatic carbocycles. The number of thiophene rings is 1. The van der Waals surface area contributed by atoms with E-state index >= 15 is 0 Å². The lowest BCUT2D eigenvalue weighted by Crippen LogP contribution is -2.20. The Bertz CT molecular complexity index is 194. The molecule has 12 heavy (non-hydrogen) atoms. The summed E-state index contributed by atoms with van der Waals surface area (Å²) in [4.78, 5) is 0. The molecule has 1 N–H and O–H groups in total. The lowest BCUT2D eigenvalue weighted by molar-refractivity contribution is 0.542. The zero-order valence-electron chi connectivity index (χ0n) is 7.84. The second-order valence-corrected chi connectivity index (χ2v) is 3.99. The van der Waals surface area contributed by atoms with Crippen molar-refractivity contribution in [3.8, 4) is 0 Å². The summed E-state index contributed by atoms with van der Waals surface area (Å²) in [5.41, 5.74) is 1.49. The Morgan fingerprint density at radius 3 is 3.00 bits per heavy atom. The van der Waals surface area contributed by atoms with Crippen LogP contribution < -0.4 is 5.32 Å². The minimum absolute atomic E-state index is 0.656. The van der Waals surface area contributed by atoms with Crippen LogP contribution in [0.2, 0.25) is 0 Å². The van der Waals surface area contributed by atoms with Crippen molar-refractivity contribution in [3.63, 3.8) is 0 Å². The largest absolute Gasteiger partial charge is 0.317 e. The fraction of sp³-hybridized carbons (Fsp3) is 0.600. The van der Waals surface area contributed by atoms with Crippen molar-refractivity contribution in [3.05, 3.63) is 22.4 Å². The summed E-state index contributed by atoms with van der Waals surface area (Å²) >= 11 is 1.79. The van der Waals surface area contributed by atoms with Crippen LogP contribution in [0.5, 0.6) is 0 Å². The van der Waals surface area contributed by atoms with Gasteiger partial charge in [0, 0.05) is 6.04 Å². The van der Waals surface area contributed by atoms with E-state index in [1.165, 1.54) is 24.8 Å². The Balaban J connectivity index is 2.11.